The average Bonchev–Trinajstić information content (AvgIpc) is 2.66. The molecular formula is C12H10O6. The largest absolute Gasteiger partial charge is 0.497 e. The van der Waals surface area contributed by atoms with Gasteiger partial charge in [0.15, 0.2) is 0 Å². The Morgan fingerprint density at radius 3 is 2.61 bits per heavy atom. The molecule has 1 aromatic heterocycles. The highest BCUT2D eigenvalue weighted by Gasteiger charge is 2.22. The molecule has 0 radical (unpaired) electrons. The van der Waals surface area contributed by atoms with Crippen LogP contribution in [0, 0.1) is 0 Å². The lowest BCUT2D eigenvalue weighted by Crippen LogP contribution is -2.05. The molecule has 0 fully saturated rings. The predicted octanol–water partition coefficient (Wildman–Crippen LogP) is 1.77. The van der Waals surface area contributed by atoms with Gasteiger partial charge < -0.3 is 19.4 Å². The molecule has 6 heteroatoms. The van der Waals surface area contributed by atoms with Crippen LogP contribution in [0.5, 0.6) is 5.75 Å². The minimum absolute atomic E-state index is 0.160. The van der Waals surface area contributed by atoms with Crippen LogP contribution in [-0.4, -0.2) is 29.3 Å². The maximum absolute atomic E-state index is 11.0. The van der Waals surface area contributed by atoms with E-state index in [-0.39, 0.29) is 11.3 Å². The number of hydrogen-bond donors (Lipinski definition) is 2. The zero-order valence-electron chi connectivity index (χ0n) is 9.47. The molecule has 0 saturated carbocycles. The molecule has 0 saturated heterocycles. The van der Waals surface area contributed by atoms with Gasteiger partial charge in [-0.2, -0.15) is 0 Å². The zero-order valence-corrected chi connectivity index (χ0v) is 9.47. The molecule has 0 amide bonds. The summed E-state index contributed by atoms with van der Waals surface area (Å²) in [7, 11) is 1.47. The lowest BCUT2D eigenvalue weighted by Gasteiger charge is -1.98. The van der Waals surface area contributed by atoms with Crippen molar-refractivity contribution >= 4 is 22.9 Å². The molecular weight excluding hydrogens is 240 g/mol. The van der Waals surface area contributed by atoms with Gasteiger partial charge in [-0.15, -0.1) is 0 Å². The molecule has 6 nitrogen and oxygen atoms in total. The smallest absolute Gasteiger partial charge is 0.372 e. The Kier molecular flexibility index (Phi) is 2.93. The molecule has 0 aliphatic rings. The van der Waals surface area contributed by atoms with Crippen molar-refractivity contribution in [2.75, 3.05) is 7.11 Å². The summed E-state index contributed by atoms with van der Waals surface area (Å²) in [4.78, 5) is 21.8. The van der Waals surface area contributed by atoms with Crippen molar-refractivity contribution in [1.29, 1.82) is 0 Å². The summed E-state index contributed by atoms with van der Waals surface area (Å²) in [5, 5.41) is 18.2. The number of aliphatic carboxylic acids is 1. The first-order valence-corrected chi connectivity index (χ1v) is 5.07. The fourth-order valence-corrected chi connectivity index (χ4v) is 1.76. The van der Waals surface area contributed by atoms with E-state index in [1.165, 1.54) is 13.2 Å². The van der Waals surface area contributed by atoms with Gasteiger partial charge in [0.25, 0.3) is 0 Å². The zero-order chi connectivity index (χ0) is 13.3. The number of carboxylic acids is 2. The van der Waals surface area contributed by atoms with E-state index in [4.69, 9.17) is 19.4 Å². The standard InChI is InChI=1S/C12H10O6/c1-17-6-2-3-7-8(5-10(13)14)11(12(15)16)18-9(7)4-6/h2-4H,5H2,1H3,(H,13,14)(H,15,16). The normalized spacial score (nSPS) is 10.5. The molecule has 1 aromatic carbocycles. The second kappa shape index (κ2) is 4.40. The van der Waals surface area contributed by atoms with E-state index in [0.717, 1.165) is 0 Å². The summed E-state index contributed by atoms with van der Waals surface area (Å²) < 4.78 is 10.2. The third-order valence-electron chi connectivity index (χ3n) is 2.52. The van der Waals surface area contributed by atoms with Gasteiger partial charge in [0, 0.05) is 17.0 Å². The van der Waals surface area contributed by atoms with E-state index in [2.05, 4.69) is 0 Å². The SMILES string of the molecule is COc1ccc2c(CC(=O)O)c(C(=O)O)oc2c1. The number of carboxylic acid groups (broad SMARTS) is 2. The summed E-state index contributed by atoms with van der Waals surface area (Å²) in [6.07, 6.45) is -0.402. The lowest BCUT2D eigenvalue weighted by molar-refractivity contribution is -0.136. The van der Waals surface area contributed by atoms with Crippen molar-refractivity contribution in [3.63, 3.8) is 0 Å². The Hall–Kier alpha value is -2.50. The van der Waals surface area contributed by atoms with Crippen molar-refractivity contribution < 1.29 is 29.0 Å². The van der Waals surface area contributed by atoms with Crippen LogP contribution in [0.25, 0.3) is 11.0 Å². The van der Waals surface area contributed by atoms with Crippen molar-refractivity contribution in [3.05, 3.63) is 29.5 Å². The first-order valence-electron chi connectivity index (χ1n) is 5.07. The van der Waals surface area contributed by atoms with Crippen molar-refractivity contribution in [3.8, 4) is 5.75 Å². The Morgan fingerprint density at radius 1 is 1.33 bits per heavy atom. The molecule has 0 aliphatic carbocycles. The van der Waals surface area contributed by atoms with Crippen LogP contribution in [0.3, 0.4) is 0 Å². The minimum atomic E-state index is -1.29. The Balaban J connectivity index is 2.67. The molecule has 2 aromatic rings. The summed E-state index contributed by atoms with van der Waals surface area (Å²) >= 11 is 0. The lowest BCUT2D eigenvalue weighted by atomic mass is 10.1. The second-order valence-electron chi connectivity index (χ2n) is 3.65. The van der Waals surface area contributed by atoms with E-state index in [9.17, 15) is 9.59 Å². The molecule has 0 bridgehead atoms. The number of rotatable bonds is 4. The van der Waals surface area contributed by atoms with Crippen molar-refractivity contribution in [2.45, 2.75) is 6.42 Å². The van der Waals surface area contributed by atoms with E-state index in [1.54, 1.807) is 12.1 Å². The maximum Gasteiger partial charge on any atom is 0.372 e. The summed E-state index contributed by atoms with van der Waals surface area (Å²) in [6, 6.07) is 4.73. The quantitative estimate of drug-likeness (QED) is 0.858. The average molecular weight is 250 g/mol. The number of aromatic carboxylic acids is 1. The van der Waals surface area contributed by atoms with Crippen LogP contribution in [0.15, 0.2) is 22.6 Å². The topological polar surface area (TPSA) is 97.0 Å². The monoisotopic (exact) mass is 250 g/mol. The molecule has 0 unspecified atom stereocenters. The second-order valence-corrected chi connectivity index (χ2v) is 3.65. The van der Waals surface area contributed by atoms with Gasteiger partial charge in [-0.05, 0) is 12.1 Å². The van der Waals surface area contributed by atoms with Gasteiger partial charge in [-0.1, -0.05) is 0 Å². The van der Waals surface area contributed by atoms with Gasteiger partial charge in [-0.25, -0.2) is 4.79 Å². The Bertz CT molecular complexity index is 625. The molecule has 94 valence electrons. The molecule has 18 heavy (non-hydrogen) atoms. The van der Waals surface area contributed by atoms with E-state index in [1.807, 2.05) is 0 Å². The molecule has 2 rings (SSSR count). The summed E-state index contributed by atoms with van der Waals surface area (Å²) in [6.45, 7) is 0. The van der Waals surface area contributed by atoms with Crippen LogP contribution >= 0.6 is 0 Å². The Morgan fingerprint density at radius 2 is 2.06 bits per heavy atom. The third kappa shape index (κ3) is 2.00. The van der Waals surface area contributed by atoms with Gasteiger partial charge in [0.2, 0.25) is 5.76 Å². The fraction of sp³-hybridized carbons (Fsp3) is 0.167. The number of hydrogen-bond acceptors (Lipinski definition) is 4. The van der Waals surface area contributed by atoms with Crippen LogP contribution in [0.2, 0.25) is 0 Å². The summed E-state index contributed by atoms with van der Waals surface area (Å²) in [5.41, 5.74) is 0.454. The number of furan rings is 1. The van der Waals surface area contributed by atoms with E-state index in [0.29, 0.717) is 16.7 Å². The van der Waals surface area contributed by atoms with Crippen molar-refractivity contribution in [1.82, 2.24) is 0 Å². The highest BCUT2D eigenvalue weighted by Crippen LogP contribution is 2.29. The fourth-order valence-electron chi connectivity index (χ4n) is 1.76. The van der Waals surface area contributed by atoms with Gasteiger partial charge >= 0.3 is 11.9 Å². The molecule has 2 N–H and O–H groups in total. The van der Waals surface area contributed by atoms with Crippen LogP contribution < -0.4 is 4.74 Å². The molecule has 1 heterocycles. The molecule has 0 aliphatic heterocycles. The number of fused-ring (bicyclic) bond motifs is 1. The minimum Gasteiger partial charge on any atom is -0.497 e. The van der Waals surface area contributed by atoms with Crippen LogP contribution in [0.4, 0.5) is 0 Å². The Labute approximate surface area is 101 Å². The van der Waals surface area contributed by atoms with E-state index >= 15 is 0 Å². The van der Waals surface area contributed by atoms with Crippen LogP contribution in [-0.2, 0) is 11.2 Å². The number of carbonyl (C=O) groups is 2. The number of benzene rings is 1. The highest BCUT2D eigenvalue weighted by molar-refractivity contribution is 5.97. The molecule has 0 atom stereocenters. The van der Waals surface area contributed by atoms with Gasteiger partial charge in [0.05, 0.1) is 13.5 Å². The van der Waals surface area contributed by atoms with Crippen LogP contribution in [0.1, 0.15) is 16.1 Å². The summed E-state index contributed by atoms with van der Waals surface area (Å²) in [5.74, 6) is -2.24. The van der Waals surface area contributed by atoms with Gasteiger partial charge in [-0.3, -0.25) is 4.79 Å². The van der Waals surface area contributed by atoms with Gasteiger partial charge in [0.1, 0.15) is 11.3 Å². The maximum atomic E-state index is 11.0. The molecule has 0 spiro atoms. The van der Waals surface area contributed by atoms with E-state index < -0.39 is 18.4 Å². The predicted molar refractivity (Wildman–Crippen MR) is 61.1 cm³/mol. The number of methoxy groups -OCH3 is 1. The first kappa shape index (κ1) is 12.0. The van der Waals surface area contributed by atoms with Crippen molar-refractivity contribution in [2.24, 2.45) is 0 Å². The third-order valence-corrected chi connectivity index (χ3v) is 2.52. The first-order chi connectivity index (χ1) is 8.52. The highest BCUT2D eigenvalue weighted by atomic mass is 16.5. The number of ether oxygens (including phenoxy) is 1.